The molecule has 0 fully saturated rings. The molecule has 0 saturated heterocycles. The number of hydrogen-bond acceptors (Lipinski definition) is 2. The van der Waals surface area contributed by atoms with E-state index in [2.05, 4.69) is 32.9 Å². The first-order valence-electron chi connectivity index (χ1n) is 16.5. The molecule has 0 aliphatic carbocycles. The van der Waals surface area contributed by atoms with Crippen LogP contribution in [0, 0.1) is 5.92 Å². The Kier molecular flexibility index (Phi) is 29.8. The molecule has 0 aromatic carbocycles. The molecule has 214 valence electrons. The number of hydrogen-bond donors (Lipinski definition) is 0. The molecule has 2 nitrogen and oxygen atoms in total. The summed E-state index contributed by atoms with van der Waals surface area (Å²) in [6.45, 7) is 7.56. The van der Waals surface area contributed by atoms with Crippen LogP contribution in [-0.4, -0.2) is 12.6 Å². The van der Waals surface area contributed by atoms with Gasteiger partial charge in [-0.2, -0.15) is 0 Å². The molecule has 0 saturated carbocycles. The van der Waals surface area contributed by atoms with Crippen LogP contribution in [0.5, 0.6) is 0 Å². The molecule has 0 heterocycles. The van der Waals surface area contributed by atoms with Gasteiger partial charge in [-0.05, 0) is 38.0 Å². The molecule has 0 aromatic rings. The standard InChI is InChI=1S/C34H66O2/c1-4-6-7-8-9-10-15-19-22-25-28-31-34(35)36-32-29-26-23-20-17-14-12-11-13-16-18-21-24-27-30-33(3)5-2/h8-9,33H,4-7,10-32H2,1-3H3. The first-order valence-corrected chi connectivity index (χ1v) is 16.5. The highest BCUT2D eigenvalue weighted by atomic mass is 16.5. The maximum atomic E-state index is 11.9. The van der Waals surface area contributed by atoms with Gasteiger partial charge in [-0.15, -0.1) is 0 Å². The number of allylic oxidation sites excluding steroid dienone is 2. The minimum Gasteiger partial charge on any atom is -0.466 e. The quantitative estimate of drug-likeness (QED) is 0.0572. The van der Waals surface area contributed by atoms with Crippen molar-refractivity contribution in [3.05, 3.63) is 12.2 Å². The lowest BCUT2D eigenvalue weighted by Crippen LogP contribution is -2.05. The molecular weight excluding hydrogens is 440 g/mol. The summed E-state index contributed by atoms with van der Waals surface area (Å²) in [5.41, 5.74) is 0. The van der Waals surface area contributed by atoms with Gasteiger partial charge in [0.25, 0.3) is 0 Å². The number of unbranched alkanes of at least 4 members (excludes halogenated alkanes) is 20. The molecule has 1 unspecified atom stereocenters. The van der Waals surface area contributed by atoms with Gasteiger partial charge in [-0.1, -0.05) is 161 Å². The maximum Gasteiger partial charge on any atom is 0.305 e. The van der Waals surface area contributed by atoms with Crippen LogP contribution in [0.1, 0.15) is 188 Å². The van der Waals surface area contributed by atoms with Gasteiger partial charge in [0.2, 0.25) is 0 Å². The molecule has 0 amide bonds. The van der Waals surface area contributed by atoms with Crippen LogP contribution in [0.3, 0.4) is 0 Å². The summed E-state index contributed by atoms with van der Waals surface area (Å²) in [6.07, 6.45) is 38.2. The minimum atomic E-state index is 0.0138. The van der Waals surface area contributed by atoms with E-state index in [1.807, 2.05) is 0 Å². The van der Waals surface area contributed by atoms with E-state index in [0.717, 1.165) is 25.2 Å². The Hall–Kier alpha value is -0.790. The zero-order valence-electron chi connectivity index (χ0n) is 25.1. The highest BCUT2D eigenvalue weighted by Gasteiger charge is 2.02. The highest BCUT2D eigenvalue weighted by Crippen LogP contribution is 2.16. The Balaban J connectivity index is 3.18. The van der Waals surface area contributed by atoms with Crippen LogP contribution >= 0.6 is 0 Å². The van der Waals surface area contributed by atoms with Crippen molar-refractivity contribution in [3.63, 3.8) is 0 Å². The van der Waals surface area contributed by atoms with Crippen LogP contribution < -0.4 is 0 Å². The predicted octanol–water partition coefficient (Wildman–Crippen LogP) is 11.9. The third-order valence-corrected chi connectivity index (χ3v) is 7.69. The normalized spacial score (nSPS) is 12.4. The van der Waals surface area contributed by atoms with E-state index in [9.17, 15) is 4.79 Å². The third kappa shape index (κ3) is 29.4. The molecule has 36 heavy (non-hydrogen) atoms. The molecule has 0 spiro atoms. The largest absolute Gasteiger partial charge is 0.466 e. The molecule has 0 radical (unpaired) electrons. The summed E-state index contributed by atoms with van der Waals surface area (Å²) in [7, 11) is 0. The summed E-state index contributed by atoms with van der Waals surface area (Å²) >= 11 is 0. The van der Waals surface area contributed by atoms with Crippen molar-refractivity contribution in [2.75, 3.05) is 6.61 Å². The van der Waals surface area contributed by atoms with Crippen molar-refractivity contribution < 1.29 is 9.53 Å². The van der Waals surface area contributed by atoms with E-state index in [-0.39, 0.29) is 5.97 Å². The second kappa shape index (κ2) is 30.4. The maximum absolute atomic E-state index is 11.9. The Morgan fingerprint density at radius 3 is 1.56 bits per heavy atom. The molecule has 0 N–H and O–H groups in total. The monoisotopic (exact) mass is 507 g/mol. The third-order valence-electron chi connectivity index (χ3n) is 7.69. The highest BCUT2D eigenvalue weighted by molar-refractivity contribution is 5.69. The lowest BCUT2D eigenvalue weighted by molar-refractivity contribution is -0.143. The van der Waals surface area contributed by atoms with E-state index >= 15 is 0 Å². The molecule has 0 bridgehead atoms. The summed E-state index contributed by atoms with van der Waals surface area (Å²) < 4.78 is 5.41. The average molecular weight is 507 g/mol. The number of carbonyl (C=O) groups excluding carboxylic acids is 1. The van der Waals surface area contributed by atoms with Gasteiger partial charge in [0, 0.05) is 6.42 Å². The number of ether oxygens (including phenoxy) is 1. The SMILES string of the molecule is CCCCC=CCCCCCCCC(=O)OCCCCCCCCCCCCCCCCC(C)CC. The van der Waals surface area contributed by atoms with Gasteiger partial charge >= 0.3 is 5.97 Å². The van der Waals surface area contributed by atoms with Gasteiger partial charge < -0.3 is 4.74 Å². The average Bonchev–Trinajstić information content (AvgIpc) is 2.88. The molecule has 0 aliphatic heterocycles. The van der Waals surface area contributed by atoms with Crippen molar-refractivity contribution >= 4 is 5.97 Å². The van der Waals surface area contributed by atoms with E-state index in [4.69, 9.17) is 4.74 Å². The van der Waals surface area contributed by atoms with Crippen LogP contribution in [0.15, 0.2) is 12.2 Å². The number of rotatable bonds is 29. The summed E-state index contributed by atoms with van der Waals surface area (Å²) in [5.74, 6) is 0.940. The molecular formula is C34H66O2. The van der Waals surface area contributed by atoms with Crippen LogP contribution in [0.4, 0.5) is 0 Å². The van der Waals surface area contributed by atoms with E-state index < -0.39 is 0 Å². The Morgan fingerprint density at radius 1 is 0.583 bits per heavy atom. The number of esters is 1. The Morgan fingerprint density at radius 2 is 1.03 bits per heavy atom. The fourth-order valence-electron chi connectivity index (χ4n) is 4.80. The molecule has 0 aliphatic rings. The summed E-state index contributed by atoms with van der Waals surface area (Å²) in [5, 5.41) is 0. The van der Waals surface area contributed by atoms with Crippen molar-refractivity contribution in [2.45, 2.75) is 188 Å². The van der Waals surface area contributed by atoms with Crippen LogP contribution in [-0.2, 0) is 9.53 Å². The van der Waals surface area contributed by atoms with Crippen molar-refractivity contribution in [3.8, 4) is 0 Å². The van der Waals surface area contributed by atoms with Gasteiger partial charge in [0.1, 0.15) is 0 Å². The van der Waals surface area contributed by atoms with Crippen LogP contribution in [0.2, 0.25) is 0 Å². The second-order valence-electron chi connectivity index (χ2n) is 11.4. The molecule has 2 heteroatoms. The second-order valence-corrected chi connectivity index (χ2v) is 11.4. The molecule has 1 atom stereocenters. The van der Waals surface area contributed by atoms with Crippen molar-refractivity contribution in [2.24, 2.45) is 5.92 Å². The smallest absolute Gasteiger partial charge is 0.305 e. The topological polar surface area (TPSA) is 26.3 Å². The van der Waals surface area contributed by atoms with Crippen LogP contribution in [0.25, 0.3) is 0 Å². The van der Waals surface area contributed by atoms with Crippen molar-refractivity contribution in [1.82, 2.24) is 0 Å². The van der Waals surface area contributed by atoms with E-state index in [1.165, 1.54) is 141 Å². The van der Waals surface area contributed by atoms with Crippen molar-refractivity contribution in [1.29, 1.82) is 0 Å². The predicted molar refractivity (Wildman–Crippen MR) is 161 cm³/mol. The van der Waals surface area contributed by atoms with Gasteiger partial charge in [0.05, 0.1) is 6.61 Å². The lowest BCUT2D eigenvalue weighted by atomic mass is 9.99. The minimum absolute atomic E-state index is 0.0138. The van der Waals surface area contributed by atoms with E-state index in [0.29, 0.717) is 13.0 Å². The molecule has 0 aromatic heterocycles. The van der Waals surface area contributed by atoms with E-state index in [1.54, 1.807) is 0 Å². The first-order chi connectivity index (χ1) is 17.7. The van der Waals surface area contributed by atoms with Gasteiger partial charge in [0.15, 0.2) is 0 Å². The zero-order chi connectivity index (χ0) is 26.4. The fourth-order valence-corrected chi connectivity index (χ4v) is 4.80. The first kappa shape index (κ1) is 35.2. The number of carbonyl (C=O) groups is 1. The lowest BCUT2D eigenvalue weighted by Gasteiger charge is -2.07. The van der Waals surface area contributed by atoms with Gasteiger partial charge in [-0.3, -0.25) is 4.79 Å². The fraction of sp³-hybridized carbons (Fsp3) is 0.912. The Bertz CT molecular complexity index is 456. The Labute approximate surface area is 227 Å². The van der Waals surface area contributed by atoms with Gasteiger partial charge in [-0.25, -0.2) is 0 Å². The molecule has 0 rings (SSSR count). The summed E-state index contributed by atoms with van der Waals surface area (Å²) in [6, 6.07) is 0. The zero-order valence-corrected chi connectivity index (χ0v) is 25.1. The summed E-state index contributed by atoms with van der Waals surface area (Å²) in [4.78, 5) is 11.9.